The second-order valence-electron chi connectivity index (χ2n) is 6.45. The van der Waals surface area contributed by atoms with Crippen molar-refractivity contribution in [1.29, 1.82) is 0 Å². The number of nitrogens with zero attached hydrogens (tertiary/aromatic N) is 2. The van der Waals surface area contributed by atoms with E-state index in [1.165, 1.54) is 24.1 Å². The van der Waals surface area contributed by atoms with Gasteiger partial charge >= 0.3 is 0 Å². The number of aromatic nitrogens is 2. The molecule has 7 nitrogen and oxygen atoms in total. The van der Waals surface area contributed by atoms with Gasteiger partial charge in [0.25, 0.3) is 0 Å². The van der Waals surface area contributed by atoms with Crippen molar-refractivity contribution >= 4 is 27.4 Å². The van der Waals surface area contributed by atoms with E-state index in [2.05, 4.69) is 15.3 Å². The third kappa shape index (κ3) is 2.25. The first-order valence-electron chi connectivity index (χ1n) is 7.83. The van der Waals surface area contributed by atoms with Crippen LogP contribution in [0.4, 0.5) is 5.82 Å². The number of hydrogen-bond donors (Lipinski definition) is 5. The number of anilines is 1. The first-order valence-corrected chi connectivity index (χ1v) is 8.65. The van der Waals surface area contributed by atoms with Crippen LogP contribution in [0.25, 0.3) is 10.2 Å². The third-order valence-electron chi connectivity index (χ3n) is 4.82. The van der Waals surface area contributed by atoms with Crippen LogP contribution < -0.4 is 5.32 Å². The molecule has 8 heteroatoms. The zero-order chi connectivity index (χ0) is 16.2. The molecule has 0 aromatic carbocycles. The maximum absolute atomic E-state index is 10.3. The van der Waals surface area contributed by atoms with Gasteiger partial charge < -0.3 is 25.7 Å². The minimum atomic E-state index is -2.73. The summed E-state index contributed by atoms with van der Waals surface area (Å²) in [6, 6.07) is 0.290. The van der Waals surface area contributed by atoms with Crippen LogP contribution >= 0.6 is 11.3 Å². The fourth-order valence-electron chi connectivity index (χ4n) is 3.57. The monoisotopic (exact) mass is 337 g/mol. The van der Waals surface area contributed by atoms with Crippen molar-refractivity contribution in [2.75, 3.05) is 5.32 Å². The first kappa shape index (κ1) is 15.2. The minimum absolute atomic E-state index is 0.112. The first-order chi connectivity index (χ1) is 10.9. The van der Waals surface area contributed by atoms with Crippen molar-refractivity contribution < 1.29 is 20.4 Å². The molecular formula is C15H19N3O4S. The molecule has 2 aliphatic rings. The van der Waals surface area contributed by atoms with Gasteiger partial charge in [0.2, 0.25) is 11.6 Å². The Hall–Kier alpha value is -1.32. The Morgan fingerprint density at radius 2 is 1.83 bits per heavy atom. The van der Waals surface area contributed by atoms with E-state index < -0.39 is 11.6 Å². The molecule has 0 radical (unpaired) electrons. The van der Waals surface area contributed by atoms with Crippen LogP contribution in [0.2, 0.25) is 0 Å². The Morgan fingerprint density at radius 3 is 2.57 bits per heavy atom. The van der Waals surface area contributed by atoms with E-state index in [-0.39, 0.29) is 12.0 Å². The smallest absolute Gasteiger partial charge is 0.248 e. The van der Waals surface area contributed by atoms with Gasteiger partial charge in [0.05, 0.1) is 5.39 Å². The van der Waals surface area contributed by atoms with Gasteiger partial charge in [-0.05, 0) is 12.8 Å². The van der Waals surface area contributed by atoms with E-state index in [1.54, 1.807) is 0 Å². The molecule has 2 aliphatic carbocycles. The summed E-state index contributed by atoms with van der Waals surface area (Å²) < 4.78 is 0. The summed E-state index contributed by atoms with van der Waals surface area (Å²) in [6.45, 7) is 0. The summed E-state index contributed by atoms with van der Waals surface area (Å²) in [5, 5.41) is 44.2. The van der Waals surface area contributed by atoms with Crippen molar-refractivity contribution in [1.82, 2.24) is 9.97 Å². The van der Waals surface area contributed by atoms with Crippen molar-refractivity contribution in [3.05, 3.63) is 16.8 Å². The van der Waals surface area contributed by atoms with Crippen molar-refractivity contribution in [2.24, 2.45) is 0 Å². The zero-order valence-electron chi connectivity index (χ0n) is 12.5. The Bertz CT molecular complexity index is 753. The molecule has 0 amide bonds. The lowest BCUT2D eigenvalue weighted by atomic mass is 9.95. The van der Waals surface area contributed by atoms with Crippen LogP contribution in [-0.4, -0.2) is 42.2 Å². The van der Waals surface area contributed by atoms with Gasteiger partial charge in [-0.3, -0.25) is 0 Å². The maximum atomic E-state index is 10.3. The van der Waals surface area contributed by atoms with Gasteiger partial charge in [-0.1, -0.05) is 19.3 Å². The summed E-state index contributed by atoms with van der Waals surface area (Å²) in [5.41, 5.74) is 0.112. The fraction of sp³-hybridized carbons (Fsp3) is 0.600. The molecule has 2 aromatic heterocycles. The van der Waals surface area contributed by atoms with Gasteiger partial charge in [0.15, 0.2) is 0 Å². The maximum Gasteiger partial charge on any atom is 0.248 e. The molecule has 4 rings (SSSR count). The van der Waals surface area contributed by atoms with Gasteiger partial charge in [-0.15, -0.1) is 11.3 Å². The quantitative estimate of drug-likeness (QED) is 0.515. The summed E-state index contributed by atoms with van der Waals surface area (Å²) in [7, 11) is 0. The molecule has 1 saturated carbocycles. The number of hydrogen-bond acceptors (Lipinski definition) is 8. The summed E-state index contributed by atoms with van der Waals surface area (Å²) in [6.07, 6.45) is 6.86. The molecular weight excluding hydrogens is 318 g/mol. The number of rotatable bonds is 2. The van der Waals surface area contributed by atoms with E-state index in [1.807, 2.05) is 0 Å². The lowest BCUT2D eigenvalue weighted by Gasteiger charge is -2.29. The molecule has 2 aromatic rings. The third-order valence-corrected chi connectivity index (χ3v) is 5.92. The second kappa shape index (κ2) is 5.09. The lowest BCUT2D eigenvalue weighted by molar-refractivity contribution is -0.355. The van der Waals surface area contributed by atoms with Gasteiger partial charge in [0, 0.05) is 22.9 Å². The molecule has 124 valence electrons. The average molecular weight is 337 g/mol. The highest BCUT2D eigenvalue weighted by Gasteiger charge is 2.57. The Kier molecular flexibility index (Phi) is 3.37. The van der Waals surface area contributed by atoms with Gasteiger partial charge in [0.1, 0.15) is 17.0 Å². The highest BCUT2D eigenvalue weighted by Crippen LogP contribution is 2.49. The van der Waals surface area contributed by atoms with Crippen molar-refractivity contribution in [3.8, 4) is 0 Å². The largest absolute Gasteiger partial charge is 0.367 e. The van der Waals surface area contributed by atoms with Gasteiger partial charge in [-0.2, -0.15) is 0 Å². The fourth-order valence-corrected chi connectivity index (χ4v) is 4.82. The van der Waals surface area contributed by atoms with E-state index in [4.69, 9.17) is 0 Å². The Morgan fingerprint density at radius 1 is 1.09 bits per heavy atom. The molecule has 0 saturated heterocycles. The van der Waals surface area contributed by atoms with Crippen LogP contribution in [0.3, 0.4) is 0 Å². The number of fused-ring (bicyclic) bond motifs is 3. The van der Waals surface area contributed by atoms with E-state index in [0.717, 1.165) is 25.7 Å². The Balaban J connectivity index is 1.81. The highest BCUT2D eigenvalue weighted by molar-refractivity contribution is 7.19. The van der Waals surface area contributed by atoms with Crippen LogP contribution in [0.15, 0.2) is 6.33 Å². The van der Waals surface area contributed by atoms with Crippen LogP contribution in [0.1, 0.15) is 42.5 Å². The second-order valence-corrected chi connectivity index (χ2v) is 7.53. The molecule has 0 bridgehead atoms. The van der Waals surface area contributed by atoms with Crippen molar-refractivity contribution in [3.63, 3.8) is 0 Å². The van der Waals surface area contributed by atoms with E-state index in [9.17, 15) is 20.4 Å². The SMILES string of the molecule is OC1(O)Cc2sc3ncnc(NC4CCCCC4)c3c2C1(O)O. The molecule has 0 atom stereocenters. The predicted octanol–water partition coefficient (Wildman–Crippen LogP) is 0.810. The summed E-state index contributed by atoms with van der Waals surface area (Å²) in [5.74, 6) is -4.79. The molecule has 1 fully saturated rings. The zero-order valence-corrected chi connectivity index (χ0v) is 13.3. The molecule has 23 heavy (non-hydrogen) atoms. The van der Waals surface area contributed by atoms with Crippen LogP contribution in [0.5, 0.6) is 0 Å². The van der Waals surface area contributed by atoms with Crippen LogP contribution in [0, 0.1) is 0 Å². The number of thiophene rings is 1. The highest BCUT2D eigenvalue weighted by atomic mass is 32.1. The van der Waals surface area contributed by atoms with Crippen LogP contribution in [-0.2, 0) is 12.2 Å². The van der Waals surface area contributed by atoms with Gasteiger partial charge in [-0.25, -0.2) is 9.97 Å². The topological polar surface area (TPSA) is 119 Å². The summed E-state index contributed by atoms with van der Waals surface area (Å²) in [4.78, 5) is 9.59. The number of nitrogens with one attached hydrogen (secondary N) is 1. The molecule has 5 N–H and O–H groups in total. The molecule has 0 unspecified atom stereocenters. The molecule has 0 spiro atoms. The summed E-state index contributed by atoms with van der Waals surface area (Å²) >= 11 is 1.24. The molecule has 0 aliphatic heterocycles. The Labute approximate surface area is 136 Å². The normalized spacial score (nSPS) is 23.1. The lowest BCUT2D eigenvalue weighted by Crippen LogP contribution is -2.49. The minimum Gasteiger partial charge on any atom is -0.367 e. The van der Waals surface area contributed by atoms with E-state index in [0.29, 0.717) is 27.0 Å². The molecule has 2 heterocycles. The van der Waals surface area contributed by atoms with Crippen molar-refractivity contribution in [2.45, 2.75) is 56.1 Å². The predicted molar refractivity (Wildman–Crippen MR) is 84.9 cm³/mol. The number of aliphatic hydroxyl groups is 4. The standard InChI is InChI=1S/C15H19N3O4S/c19-14(20)6-9-11(15(14,21)22)10-12(16-7-17-13(10)23-9)18-8-4-2-1-3-5-8/h7-8,19-22H,1-6H2,(H,16,17,18). The van der Waals surface area contributed by atoms with E-state index >= 15 is 0 Å². The average Bonchev–Trinajstić information content (AvgIpc) is 2.94.